The first-order chi connectivity index (χ1) is 13.1. The number of rotatable bonds is 4. The van der Waals surface area contributed by atoms with Crippen LogP contribution in [0.3, 0.4) is 0 Å². The molecule has 5 nitrogen and oxygen atoms in total. The standard InChI is InChI=1S/C23H38N4O/c1-16-7-10-26(11-8-16)22-19-15-27(12-9-20(19)24-18(3)25-22)21(28)13-17(2)14-23(4,5)6/h16-17H,7-15H2,1-6H3. The van der Waals surface area contributed by atoms with Gasteiger partial charge in [-0.25, -0.2) is 9.97 Å². The van der Waals surface area contributed by atoms with Crippen molar-refractivity contribution in [3.63, 3.8) is 0 Å². The van der Waals surface area contributed by atoms with Crippen LogP contribution in [0.1, 0.15) is 77.4 Å². The second-order valence-electron chi connectivity index (χ2n) is 10.3. The SMILES string of the molecule is Cc1nc2c(c(N3CCC(C)CC3)n1)CN(C(=O)CC(C)CC(C)(C)C)CC2. The number of aromatic nitrogens is 2. The van der Waals surface area contributed by atoms with Crippen molar-refractivity contribution in [3.05, 3.63) is 17.1 Å². The summed E-state index contributed by atoms with van der Waals surface area (Å²) in [4.78, 5) is 27.0. The molecule has 1 aromatic heterocycles. The quantitative estimate of drug-likeness (QED) is 0.771. The Bertz CT molecular complexity index is 701. The van der Waals surface area contributed by atoms with Gasteiger partial charge < -0.3 is 9.80 Å². The van der Waals surface area contributed by atoms with Crippen LogP contribution < -0.4 is 4.90 Å². The van der Waals surface area contributed by atoms with E-state index < -0.39 is 0 Å². The second kappa shape index (κ2) is 8.38. The molecule has 28 heavy (non-hydrogen) atoms. The van der Waals surface area contributed by atoms with Crippen molar-refractivity contribution in [1.29, 1.82) is 0 Å². The summed E-state index contributed by atoms with van der Waals surface area (Å²) in [5, 5.41) is 0. The molecule has 2 aliphatic rings. The van der Waals surface area contributed by atoms with E-state index >= 15 is 0 Å². The molecule has 3 rings (SSSR count). The van der Waals surface area contributed by atoms with Crippen LogP contribution >= 0.6 is 0 Å². The van der Waals surface area contributed by atoms with Gasteiger partial charge in [-0.15, -0.1) is 0 Å². The van der Waals surface area contributed by atoms with Crippen molar-refractivity contribution < 1.29 is 4.79 Å². The van der Waals surface area contributed by atoms with Gasteiger partial charge >= 0.3 is 0 Å². The topological polar surface area (TPSA) is 49.3 Å². The van der Waals surface area contributed by atoms with E-state index in [4.69, 9.17) is 9.97 Å². The minimum Gasteiger partial charge on any atom is -0.356 e. The zero-order valence-electron chi connectivity index (χ0n) is 18.7. The fraction of sp³-hybridized carbons (Fsp3) is 0.783. The highest BCUT2D eigenvalue weighted by atomic mass is 16.2. The van der Waals surface area contributed by atoms with Crippen LogP contribution in [0.5, 0.6) is 0 Å². The average molecular weight is 387 g/mol. The van der Waals surface area contributed by atoms with Crippen LogP contribution in [0.4, 0.5) is 5.82 Å². The molecule has 0 spiro atoms. The number of carbonyl (C=O) groups excluding carboxylic acids is 1. The van der Waals surface area contributed by atoms with Gasteiger partial charge in [0.2, 0.25) is 5.91 Å². The maximum absolute atomic E-state index is 13.0. The number of fused-ring (bicyclic) bond motifs is 1. The average Bonchev–Trinajstić information content (AvgIpc) is 2.59. The van der Waals surface area contributed by atoms with Crippen molar-refractivity contribution in [1.82, 2.24) is 14.9 Å². The van der Waals surface area contributed by atoms with Gasteiger partial charge in [0.1, 0.15) is 11.6 Å². The largest absolute Gasteiger partial charge is 0.356 e. The molecular formula is C23H38N4O. The van der Waals surface area contributed by atoms with Crippen molar-refractivity contribution in [2.45, 2.75) is 80.2 Å². The van der Waals surface area contributed by atoms with Gasteiger partial charge in [0.05, 0.1) is 12.2 Å². The summed E-state index contributed by atoms with van der Waals surface area (Å²) in [6.07, 6.45) is 4.98. The molecule has 156 valence electrons. The number of hydrogen-bond donors (Lipinski definition) is 0. The molecule has 0 aliphatic carbocycles. The Morgan fingerprint density at radius 1 is 1.18 bits per heavy atom. The Hall–Kier alpha value is -1.65. The van der Waals surface area contributed by atoms with E-state index in [1.807, 2.05) is 11.8 Å². The van der Waals surface area contributed by atoms with Gasteiger partial charge in [-0.3, -0.25) is 4.79 Å². The second-order valence-corrected chi connectivity index (χ2v) is 10.3. The Balaban J connectivity index is 1.73. The molecule has 1 saturated heterocycles. The highest BCUT2D eigenvalue weighted by Crippen LogP contribution is 2.31. The van der Waals surface area contributed by atoms with Crippen molar-refractivity contribution in [2.75, 3.05) is 24.5 Å². The van der Waals surface area contributed by atoms with E-state index in [0.717, 1.165) is 55.7 Å². The number of hydrogen-bond acceptors (Lipinski definition) is 4. The first kappa shape index (κ1) is 21.1. The monoisotopic (exact) mass is 386 g/mol. The molecule has 5 heteroatoms. The normalized spacial score (nSPS) is 19.5. The van der Waals surface area contributed by atoms with Gasteiger partial charge in [-0.1, -0.05) is 34.6 Å². The van der Waals surface area contributed by atoms with Gasteiger partial charge in [-0.2, -0.15) is 0 Å². The predicted molar refractivity (Wildman–Crippen MR) is 114 cm³/mol. The van der Waals surface area contributed by atoms with E-state index in [0.29, 0.717) is 18.9 Å². The van der Waals surface area contributed by atoms with Gasteiger partial charge in [0, 0.05) is 38.0 Å². The third-order valence-corrected chi connectivity index (χ3v) is 6.07. The fourth-order valence-corrected chi connectivity index (χ4v) is 4.76. The fourth-order valence-electron chi connectivity index (χ4n) is 4.76. The minimum absolute atomic E-state index is 0.262. The van der Waals surface area contributed by atoms with E-state index in [1.54, 1.807) is 0 Å². The lowest BCUT2D eigenvalue weighted by Gasteiger charge is -2.36. The summed E-state index contributed by atoms with van der Waals surface area (Å²) in [6.45, 7) is 16.8. The lowest BCUT2D eigenvalue weighted by atomic mass is 9.84. The Labute approximate surface area is 170 Å². The van der Waals surface area contributed by atoms with Gasteiger partial charge in [0.15, 0.2) is 0 Å². The first-order valence-corrected chi connectivity index (χ1v) is 11.0. The number of carbonyl (C=O) groups is 1. The molecule has 0 saturated carbocycles. The Kier molecular flexibility index (Phi) is 6.31. The lowest BCUT2D eigenvalue weighted by molar-refractivity contribution is -0.133. The van der Waals surface area contributed by atoms with Crippen LogP contribution in [-0.4, -0.2) is 40.4 Å². The number of amides is 1. The summed E-state index contributed by atoms with van der Waals surface area (Å²) in [6, 6.07) is 0. The smallest absolute Gasteiger partial charge is 0.223 e. The van der Waals surface area contributed by atoms with Gasteiger partial charge in [0.25, 0.3) is 0 Å². The highest BCUT2D eigenvalue weighted by molar-refractivity contribution is 5.77. The summed E-state index contributed by atoms with van der Waals surface area (Å²) in [5.41, 5.74) is 2.59. The van der Waals surface area contributed by atoms with Crippen molar-refractivity contribution >= 4 is 11.7 Å². The zero-order chi connectivity index (χ0) is 20.5. The van der Waals surface area contributed by atoms with Gasteiger partial charge in [-0.05, 0) is 43.4 Å². The molecule has 2 aliphatic heterocycles. The summed E-state index contributed by atoms with van der Waals surface area (Å²) >= 11 is 0. The molecular weight excluding hydrogens is 348 g/mol. The van der Waals surface area contributed by atoms with Crippen LogP contribution in [0.2, 0.25) is 0 Å². The van der Waals surface area contributed by atoms with E-state index in [-0.39, 0.29) is 11.3 Å². The minimum atomic E-state index is 0.262. The third-order valence-electron chi connectivity index (χ3n) is 6.07. The number of piperidine rings is 1. The van der Waals surface area contributed by atoms with Crippen LogP contribution in [-0.2, 0) is 17.8 Å². The number of aryl methyl sites for hydroxylation is 1. The molecule has 0 N–H and O–H groups in total. The van der Waals surface area contributed by atoms with Crippen molar-refractivity contribution in [2.24, 2.45) is 17.3 Å². The molecule has 3 heterocycles. The van der Waals surface area contributed by atoms with E-state index in [2.05, 4.69) is 39.5 Å². The number of nitrogens with zero attached hydrogens (tertiary/aromatic N) is 4. The molecule has 0 radical (unpaired) electrons. The zero-order valence-corrected chi connectivity index (χ0v) is 18.7. The molecule has 1 aromatic rings. The Morgan fingerprint density at radius 3 is 2.50 bits per heavy atom. The lowest BCUT2D eigenvalue weighted by Crippen LogP contribution is -2.40. The third kappa shape index (κ3) is 5.24. The van der Waals surface area contributed by atoms with E-state index in [9.17, 15) is 4.79 Å². The van der Waals surface area contributed by atoms with Crippen LogP contribution in [0.15, 0.2) is 0 Å². The Morgan fingerprint density at radius 2 is 1.86 bits per heavy atom. The van der Waals surface area contributed by atoms with Crippen LogP contribution in [0.25, 0.3) is 0 Å². The highest BCUT2D eigenvalue weighted by Gasteiger charge is 2.29. The molecule has 0 aromatic carbocycles. The molecule has 1 unspecified atom stereocenters. The molecule has 1 amide bonds. The molecule has 1 fully saturated rings. The number of anilines is 1. The summed E-state index contributed by atoms with van der Waals surface area (Å²) < 4.78 is 0. The summed E-state index contributed by atoms with van der Waals surface area (Å²) in [5.74, 6) is 3.41. The maximum Gasteiger partial charge on any atom is 0.223 e. The molecule has 0 bridgehead atoms. The molecule has 1 atom stereocenters. The summed E-state index contributed by atoms with van der Waals surface area (Å²) in [7, 11) is 0. The predicted octanol–water partition coefficient (Wildman–Crippen LogP) is 4.37. The maximum atomic E-state index is 13.0. The first-order valence-electron chi connectivity index (χ1n) is 11.0. The van der Waals surface area contributed by atoms with Crippen molar-refractivity contribution in [3.8, 4) is 0 Å². The van der Waals surface area contributed by atoms with E-state index in [1.165, 1.54) is 18.4 Å². The van der Waals surface area contributed by atoms with Crippen LogP contribution in [0, 0.1) is 24.2 Å².